The topological polar surface area (TPSA) is 44.5 Å². The highest BCUT2D eigenvalue weighted by Crippen LogP contribution is 2.27. The van der Waals surface area contributed by atoms with Gasteiger partial charge in [-0.25, -0.2) is 0 Å². The van der Waals surface area contributed by atoms with Crippen LogP contribution < -0.4 is 5.73 Å². The molecule has 1 aromatic rings. The Labute approximate surface area is 114 Å². The number of thiophene rings is 1. The first-order valence-corrected chi connectivity index (χ1v) is 7.19. The minimum Gasteiger partial charge on any atom is -0.373 e. The fourth-order valence-corrected chi connectivity index (χ4v) is 2.67. The first-order valence-electron chi connectivity index (χ1n) is 6.37. The van der Waals surface area contributed by atoms with Crippen molar-refractivity contribution in [1.29, 1.82) is 0 Å². The van der Waals surface area contributed by atoms with E-state index in [0.29, 0.717) is 13.2 Å². The Morgan fingerprint density at radius 3 is 2.39 bits per heavy atom. The van der Waals surface area contributed by atoms with Gasteiger partial charge in [-0.15, -0.1) is 11.3 Å². The monoisotopic (exact) mass is 271 g/mol. The SMILES string of the molecule is Cc1ccc(C(OCCOC(C)(C)C)C(C)N)s1. The maximum absolute atomic E-state index is 5.99. The number of hydrogen-bond donors (Lipinski definition) is 1. The first-order chi connectivity index (χ1) is 8.29. The molecule has 4 heteroatoms. The third-order valence-corrected chi connectivity index (χ3v) is 3.50. The summed E-state index contributed by atoms with van der Waals surface area (Å²) in [6.45, 7) is 11.4. The molecule has 0 saturated heterocycles. The predicted molar refractivity (Wildman–Crippen MR) is 77.1 cm³/mol. The quantitative estimate of drug-likeness (QED) is 0.808. The molecule has 2 unspecified atom stereocenters. The third-order valence-electron chi connectivity index (χ3n) is 2.43. The fraction of sp³-hybridized carbons (Fsp3) is 0.714. The third kappa shape index (κ3) is 5.48. The van der Waals surface area contributed by atoms with Crippen LogP contribution in [0, 0.1) is 6.92 Å². The van der Waals surface area contributed by atoms with Gasteiger partial charge in [-0.1, -0.05) is 0 Å². The van der Waals surface area contributed by atoms with Crippen LogP contribution in [0.4, 0.5) is 0 Å². The van der Waals surface area contributed by atoms with E-state index in [9.17, 15) is 0 Å². The number of nitrogens with two attached hydrogens (primary N) is 1. The van der Waals surface area contributed by atoms with Gasteiger partial charge in [0.15, 0.2) is 0 Å². The lowest BCUT2D eigenvalue weighted by atomic mass is 10.1. The molecule has 1 aromatic heterocycles. The molecule has 0 bridgehead atoms. The van der Waals surface area contributed by atoms with Gasteiger partial charge in [0.05, 0.1) is 18.8 Å². The summed E-state index contributed by atoms with van der Waals surface area (Å²) in [6, 6.07) is 4.18. The number of rotatable bonds is 6. The molecule has 0 radical (unpaired) electrons. The summed E-state index contributed by atoms with van der Waals surface area (Å²) in [5.74, 6) is 0. The zero-order valence-corrected chi connectivity index (χ0v) is 12.8. The molecule has 0 spiro atoms. The van der Waals surface area contributed by atoms with Crippen molar-refractivity contribution < 1.29 is 9.47 Å². The molecule has 0 aliphatic heterocycles. The second-order valence-corrected chi connectivity index (χ2v) is 6.88. The van der Waals surface area contributed by atoms with Gasteiger partial charge in [0.25, 0.3) is 0 Å². The van der Waals surface area contributed by atoms with E-state index in [1.54, 1.807) is 11.3 Å². The van der Waals surface area contributed by atoms with Crippen molar-refractivity contribution in [2.75, 3.05) is 13.2 Å². The Balaban J connectivity index is 2.45. The molecular weight excluding hydrogens is 246 g/mol. The Hall–Kier alpha value is -0.420. The van der Waals surface area contributed by atoms with Gasteiger partial charge in [0.2, 0.25) is 0 Å². The molecule has 1 rings (SSSR count). The van der Waals surface area contributed by atoms with E-state index in [2.05, 4.69) is 19.1 Å². The molecule has 0 aliphatic rings. The van der Waals surface area contributed by atoms with Crippen molar-refractivity contribution in [3.63, 3.8) is 0 Å². The Bertz CT molecular complexity index is 355. The highest BCUT2D eigenvalue weighted by Gasteiger charge is 2.19. The maximum Gasteiger partial charge on any atom is 0.106 e. The lowest BCUT2D eigenvalue weighted by Gasteiger charge is -2.23. The van der Waals surface area contributed by atoms with E-state index in [1.807, 2.05) is 27.7 Å². The Morgan fingerprint density at radius 1 is 1.28 bits per heavy atom. The normalized spacial score (nSPS) is 15.7. The van der Waals surface area contributed by atoms with Gasteiger partial charge < -0.3 is 15.2 Å². The van der Waals surface area contributed by atoms with Gasteiger partial charge in [-0.3, -0.25) is 0 Å². The highest BCUT2D eigenvalue weighted by atomic mass is 32.1. The molecule has 104 valence electrons. The Kier molecular flexibility index (Phi) is 5.79. The molecule has 0 saturated carbocycles. The lowest BCUT2D eigenvalue weighted by molar-refractivity contribution is -0.0551. The summed E-state index contributed by atoms with van der Waals surface area (Å²) in [5.41, 5.74) is 5.87. The van der Waals surface area contributed by atoms with E-state index in [4.69, 9.17) is 15.2 Å². The van der Waals surface area contributed by atoms with Crippen molar-refractivity contribution in [3.05, 3.63) is 21.9 Å². The smallest absolute Gasteiger partial charge is 0.106 e. The summed E-state index contributed by atoms with van der Waals surface area (Å²) in [5, 5.41) is 0. The number of aryl methyl sites for hydroxylation is 1. The maximum atomic E-state index is 5.99. The van der Waals surface area contributed by atoms with Crippen LogP contribution in [0.3, 0.4) is 0 Å². The fourth-order valence-electron chi connectivity index (χ4n) is 1.62. The van der Waals surface area contributed by atoms with Gasteiger partial charge in [-0.2, -0.15) is 0 Å². The predicted octanol–water partition coefficient (Wildman–Crippen LogP) is 3.28. The molecule has 0 aliphatic carbocycles. The van der Waals surface area contributed by atoms with Crippen LogP contribution in [0.5, 0.6) is 0 Å². The van der Waals surface area contributed by atoms with Gasteiger partial charge in [-0.05, 0) is 46.8 Å². The number of ether oxygens (including phenoxy) is 2. The van der Waals surface area contributed by atoms with Crippen LogP contribution in [-0.2, 0) is 9.47 Å². The summed E-state index contributed by atoms with van der Waals surface area (Å²) in [6.07, 6.45) is -0.0349. The average molecular weight is 271 g/mol. The van der Waals surface area contributed by atoms with Gasteiger partial charge >= 0.3 is 0 Å². The molecule has 2 atom stereocenters. The van der Waals surface area contributed by atoms with Crippen molar-refractivity contribution in [2.24, 2.45) is 5.73 Å². The molecule has 3 nitrogen and oxygen atoms in total. The summed E-state index contributed by atoms with van der Waals surface area (Å²) in [4.78, 5) is 2.48. The van der Waals surface area contributed by atoms with Gasteiger partial charge in [0, 0.05) is 15.8 Å². The second-order valence-electron chi connectivity index (χ2n) is 5.56. The summed E-state index contributed by atoms with van der Waals surface area (Å²) >= 11 is 1.74. The molecule has 0 fully saturated rings. The standard InChI is InChI=1S/C14H25NO2S/c1-10-6-7-12(18-10)13(11(2)15)16-8-9-17-14(3,4)5/h6-7,11,13H,8-9,15H2,1-5H3. The van der Waals surface area contributed by atoms with Crippen molar-refractivity contribution in [1.82, 2.24) is 0 Å². The molecular formula is C14H25NO2S. The van der Waals surface area contributed by atoms with E-state index in [-0.39, 0.29) is 17.7 Å². The van der Waals surface area contributed by atoms with Crippen LogP contribution in [0.2, 0.25) is 0 Å². The molecule has 2 N–H and O–H groups in total. The average Bonchev–Trinajstić information content (AvgIpc) is 2.62. The van der Waals surface area contributed by atoms with Crippen LogP contribution >= 0.6 is 11.3 Å². The molecule has 0 amide bonds. The van der Waals surface area contributed by atoms with Crippen LogP contribution in [-0.4, -0.2) is 24.9 Å². The highest BCUT2D eigenvalue weighted by molar-refractivity contribution is 7.12. The van der Waals surface area contributed by atoms with Gasteiger partial charge in [0.1, 0.15) is 6.10 Å². The minimum absolute atomic E-state index is 0.0160. The van der Waals surface area contributed by atoms with Crippen molar-refractivity contribution in [3.8, 4) is 0 Å². The summed E-state index contributed by atoms with van der Waals surface area (Å²) < 4.78 is 11.5. The lowest BCUT2D eigenvalue weighted by Crippen LogP contribution is -2.28. The first kappa shape index (κ1) is 15.6. The zero-order chi connectivity index (χ0) is 13.8. The van der Waals surface area contributed by atoms with Crippen LogP contribution in [0.1, 0.15) is 43.6 Å². The largest absolute Gasteiger partial charge is 0.373 e. The zero-order valence-electron chi connectivity index (χ0n) is 12.0. The molecule has 1 heterocycles. The van der Waals surface area contributed by atoms with E-state index < -0.39 is 0 Å². The second kappa shape index (κ2) is 6.66. The molecule has 18 heavy (non-hydrogen) atoms. The van der Waals surface area contributed by atoms with E-state index >= 15 is 0 Å². The Morgan fingerprint density at radius 2 is 1.94 bits per heavy atom. The van der Waals surface area contributed by atoms with Crippen LogP contribution in [0.15, 0.2) is 12.1 Å². The van der Waals surface area contributed by atoms with E-state index in [1.165, 1.54) is 9.75 Å². The molecule has 0 aromatic carbocycles. The van der Waals surface area contributed by atoms with Crippen molar-refractivity contribution in [2.45, 2.75) is 52.4 Å². The van der Waals surface area contributed by atoms with Crippen molar-refractivity contribution >= 4 is 11.3 Å². The summed E-state index contributed by atoms with van der Waals surface area (Å²) in [7, 11) is 0. The van der Waals surface area contributed by atoms with Crippen LogP contribution in [0.25, 0.3) is 0 Å². The minimum atomic E-state index is -0.118. The van der Waals surface area contributed by atoms with E-state index in [0.717, 1.165) is 0 Å². The number of hydrogen-bond acceptors (Lipinski definition) is 4.